The Morgan fingerprint density at radius 1 is 1.19 bits per heavy atom. The molecule has 0 fully saturated rings. The van der Waals surface area contributed by atoms with Crippen molar-refractivity contribution in [1.29, 1.82) is 0 Å². The molecule has 0 radical (unpaired) electrons. The average molecular weight is 434 g/mol. The molecule has 0 aromatic heterocycles. The molecule has 1 atom stereocenters. The highest BCUT2D eigenvalue weighted by Gasteiger charge is 2.26. The van der Waals surface area contributed by atoms with Crippen LogP contribution in [0.5, 0.6) is 5.75 Å². The van der Waals surface area contributed by atoms with Crippen molar-refractivity contribution in [3.05, 3.63) is 70.9 Å². The van der Waals surface area contributed by atoms with E-state index in [1.807, 2.05) is 25.1 Å². The Balaban J connectivity index is 1.75. The van der Waals surface area contributed by atoms with Crippen LogP contribution in [0.4, 0.5) is 5.69 Å². The van der Waals surface area contributed by atoms with Crippen LogP contribution < -0.4 is 21.6 Å². The molecule has 6 heteroatoms. The number of nitrogens with one attached hydrogen (secondary N) is 1. The molecule has 2 aliphatic heterocycles. The molecular weight excluding hydrogens is 398 g/mol. The number of benzene rings is 2. The Bertz CT molecular complexity index is 1020. The number of nitrogens with two attached hydrogens (primary N) is 2. The van der Waals surface area contributed by atoms with Crippen LogP contribution in [-0.2, 0) is 0 Å². The summed E-state index contributed by atoms with van der Waals surface area (Å²) in [6.07, 6.45) is 4.31. The Morgan fingerprint density at radius 2 is 2.03 bits per heavy atom. The highest BCUT2D eigenvalue weighted by molar-refractivity contribution is 5.75. The third kappa shape index (κ3) is 4.61. The minimum Gasteiger partial charge on any atom is -0.497 e. The minimum atomic E-state index is 0.108. The van der Waals surface area contributed by atoms with Gasteiger partial charge in [-0.1, -0.05) is 31.2 Å². The molecule has 32 heavy (non-hydrogen) atoms. The van der Waals surface area contributed by atoms with Gasteiger partial charge in [-0.15, -0.1) is 0 Å². The summed E-state index contributed by atoms with van der Waals surface area (Å²) < 4.78 is 5.42. The zero-order valence-corrected chi connectivity index (χ0v) is 19.4. The van der Waals surface area contributed by atoms with E-state index in [2.05, 4.69) is 47.5 Å². The lowest BCUT2D eigenvalue weighted by atomic mass is 9.90. The van der Waals surface area contributed by atoms with Crippen molar-refractivity contribution in [2.24, 2.45) is 11.6 Å². The Hall–Kier alpha value is -2.96. The van der Waals surface area contributed by atoms with E-state index in [4.69, 9.17) is 16.3 Å². The summed E-state index contributed by atoms with van der Waals surface area (Å²) in [4.78, 5) is 2.46. The van der Waals surface area contributed by atoms with Crippen molar-refractivity contribution >= 4 is 17.0 Å². The van der Waals surface area contributed by atoms with Crippen LogP contribution in [0.15, 0.2) is 54.2 Å². The lowest BCUT2D eigenvalue weighted by Gasteiger charge is -2.26. The average Bonchev–Trinajstić information content (AvgIpc) is 2.95. The van der Waals surface area contributed by atoms with E-state index in [1.54, 1.807) is 12.1 Å². The van der Waals surface area contributed by atoms with E-state index < -0.39 is 0 Å². The number of likely N-dealkylation sites (N-methyl/N-ethyl adjacent to an activating group) is 1. The summed E-state index contributed by atoms with van der Waals surface area (Å²) in [5, 5.41) is 5.52. The SMILES string of the molecule is CCN1CC=C(c2ccc3c(c2)C(Nc2cccc(OC)c2)CCN(N)/C3=C(/C)N)CC1. The topological polar surface area (TPSA) is 79.8 Å². The second kappa shape index (κ2) is 9.67. The van der Waals surface area contributed by atoms with Crippen LogP contribution in [0.25, 0.3) is 11.3 Å². The number of fused-ring (bicyclic) bond motifs is 1. The molecule has 5 N–H and O–H groups in total. The fraction of sp³-hybridized carbons (Fsp3) is 0.385. The van der Waals surface area contributed by atoms with Gasteiger partial charge in [0.1, 0.15) is 5.75 Å². The van der Waals surface area contributed by atoms with Gasteiger partial charge in [0.15, 0.2) is 0 Å². The third-order valence-electron chi connectivity index (χ3n) is 6.52. The molecular formula is C26H35N5O. The molecule has 2 aromatic rings. The first-order chi connectivity index (χ1) is 15.5. The normalized spacial score (nSPS) is 20.8. The van der Waals surface area contributed by atoms with Crippen molar-refractivity contribution in [1.82, 2.24) is 9.91 Å². The van der Waals surface area contributed by atoms with Crippen molar-refractivity contribution in [2.45, 2.75) is 32.7 Å². The first-order valence-corrected chi connectivity index (χ1v) is 11.5. The van der Waals surface area contributed by atoms with Gasteiger partial charge in [-0.2, -0.15) is 0 Å². The minimum absolute atomic E-state index is 0.108. The van der Waals surface area contributed by atoms with Gasteiger partial charge in [0.25, 0.3) is 0 Å². The highest BCUT2D eigenvalue weighted by atomic mass is 16.5. The molecule has 170 valence electrons. The van der Waals surface area contributed by atoms with Gasteiger partial charge in [-0.3, -0.25) is 4.90 Å². The lowest BCUT2D eigenvalue weighted by Crippen LogP contribution is -2.31. The third-order valence-corrected chi connectivity index (χ3v) is 6.52. The summed E-state index contributed by atoms with van der Waals surface area (Å²) in [6.45, 7) is 8.07. The molecule has 0 saturated heterocycles. The largest absolute Gasteiger partial charge is 0.497 e. The summed E-state index contributed by atoms with van der Waals surface area (Å²) in [5.74, 6) is 7.28. The fourth-order valence-electron chi connectivity index (χ4n) is 4.72. The molecule has 4 rings (SSSR count). The van der Waals surface area contributed by atoms with Gasteiger partial charge in [0.05, 0.1) is 18.8 Å². The smallest absolute Gasteiger partial charge is 0.120 e. The van der Waals surface area contributed by atoms with Gasteiger partial charge in [0, 0.05) is 42.6 Å². The number of anilines is 1. The molecule has 0 saturated carbocycles. The zero-order valence-electron chi connectivity index (χ0n) is 19.4. The number of nitrogens with zero attached hydrogens (tertiary/aromatic N) is 2. The first-order valence-electron chi connectivity index (χ1n) is 11.5. The van der Waals surface area contributed by atoms with Crippen LogP contribution in [-0.4, -0.2) is 43.2 Å². The van der Waals surface area contributed by atoms with E-state index in [-0.39, 0.29) is 6.04 Å². The molecule has 2 aliphatic rings. The number of rotatable bonds is 5. The summed E-state index contributed by atoms with van der Waals surface area (Å²) in [5.41, 5.74) is 14.0. The van der Waals surface area contributed by atoms with E-state index in [0.717, 1.165) is 60.9 Å². The maximum Gasteiger partial charge on any atom is 0.120 e. The number of methoxy groups -OCH3 is 1. The number of hydrogen-bond acceptors (Lipinski definition) is 6. The Kier molecular flexibility index (Phi) is 6.72. The van der Waals surface area contributed by atoms with Crippen LogP contribution in [0.1, 0.15) is 49.4 Å². The summed E-state index contributed by atoms with van der Waals surface area (Å²) >= 11 is 0. The lowest BCUT2D eigenvalue weighted by molar-refractivity contribution is 0.319. The predicted molar refractivity (Wildman–Crippen MR) is 133 cm³/mol. The highest BCUT2D eigenvalue weighted by Crippen LogP contribution is 2.37. The van der Waals surface area contributed by atoms with Crippen LogP contribution in [0.3, 0.4) is 0 Å². The van der Waals surface area contributed by atoms with Crippen LogP contribution >= 0.6 is 0 Å². The van der Waals surface area contributed by atoms with Gasteiger partial charge in [-0.05, 0) is 61.2 Å². The second-order valence-electron chi connectivity index (χ2n) is 8.62. The number of ether oxygens (including phenoxy) is 1. The molecule has 0 amide bonds. The molecule has 6 nitrogen and oxygen atoms in total. The maximum atomic E-state index is 6.44. The monoisotopic (exact) mass is 433 g/mol. The van der Waals surface area contributed by atoms with E-state index >= 15 is 0 Å². The molecule has 1 unspecified atom stereocenters. The van der Waals surface area contributed by atoms with Gasteiger partial charge < -0.3 is 20.8 Å². The van der Waals surface area contributed by atoms with Gasteiger partial charge in [-0.25, -0.2) is 5.84 Å². The standard InChI is InChI=1S/C26H35N5O/c1-4-30-13-10-19(11-14-30)20-8-9-23-24(16-20)25(12-15-31(28)26(23)18(2)27)29-21-6-5-7-22(17-21)32-3/h5-10,16-17,25,29H,4,11-15,27-28H2,1-3H3/b26-18-. The first kappa shape index (κ1) is 22.2. The Labute approximate surface area is 191 Å². The van der Waals surface area contributed by atoms with Crippen LogP contribution in [0, 0.1) is 0 Å². The molecule has 0 bridgehead atoms. The number of allylic oxidation sites excluding steroid dienone is 1. The van der Waals surface area contributed by atoms with Crippen molar-refractivity contribution in [3.8, 4) is 5.75 Å². The van der Waals surface area contributed by atoms with E-state index in [9.17, 15) is 0 Å². The number of hydrogen-bond donors (Lipinski definition) is 3. The predicted octanol–water partition coefficient (Wildman–Crippen LogP) is 4.18. The number of hydrazine groups is 1. The van der Waals surface area contributed by atoms with E-state index in [0.29, 0.717) is 6.54 Å². The Morgan fingerprint density at radius 3 is 2.72 bits per heavy atom. The van der Waals surface area contributed by atoms with Crippen LogP contribution in [0.2, 0.25) is 0 Å². The van der Waals surface area contributed by atoms with Gasteiger partial charge >= 0.3 is 0 Å². The quantitative estimate of drug-likeness (QED) is 0.614. The zero-order chi connectivity index (χ0) is 22.7. The summed E-state index contributed by atoms with van der Waals surface area (Å²) in [6, 6.07) is 14.9. The molecule has 0 aliphatic carbocycles. The van der Waals surface area contributed by atoms with Crippen molar-refractivity contribution in [2.75, 3.05) is 38.6 Å². The fourth-order valence-corrected chi connectivity index (χ4v) is 4.72. The van der Waals surface area contributed by atoms with Crippen molar-refractivity contribution in [3.63, 3.8) is 0 Å². The molecule has 2 aromatic carbocycles. The van der Waals surface area contributed by atoms with Crippen molar-refractivity contribution < 1.29 is 4.74 Å². The molecule has 0 spiro atoms. The van der Waals surface area contributed by atoms with E-state index in [1.165, 1.54) is 16.7 Å². The molecule has 2 heterocycles. The van der Waals surface area contributed by atoms with Gasteiger partial charge in [0.2, 0.25) is 0 Å². The summed E-state index contributed by atoms with van der Waals surface area (Å²) in [7, 11) is 1.69. The maximum absolute atomic E-state index is 6.44. The second-order valence-corrected chi connectivity index (χ2v) is 8.62.